The molecule has 0 aromatic carbocycles. The zero-order valence-corrected chi connectivity index (χ0v) is 12.4. The number of nitrogens with zero attached hydrogens (tertiary/aromatic N) is 1. The SMILES string of the molecule is CC1CS(=O)(=O)CCN1CCC(=O)OC(C)(C)C. The quantitative estimate of drug-likeness (QED) is 0.715. The molecule has 0 aliphatic carbocycles. The lowest BCUT2D eigenvalue weighted by Gasteiger charge is -2.33. The first-order chi connectivity index (χ1) is 8.09. The molecule has 0 spiro atoms. The van der Waals surface area contributed by atoms with E-state index in [0.717, 1.165) is 0 Å². The van der Waals surface area contributed by atoms with Crippen LogP contribution in [-0.2, 0) is 19.4 Å². The molecule has 0 aromatic heterocycles. The number of hydrogen-bond acceptors (Lipinski definition) is 5. The molecule has 1 aliphatic rings. The van der Waals surface area contributed by atoms with Gasteiger partial charge in [0.1, 0.15) is 5.60 Å². The van der Waals surface area contributed by atoms with E-state index < -0.39 is 15.4 Å². The number of sulfone groups is 1. The van der Waals surface area contributed by atoms with Gasteiger partial charge in [-0.2, -0.15) is 0 Å². The minimum Gasteiger partial charge on any atom is -0.460 e. The summed E-state index contributed by atoms with van der Waals surface area (Å²) in [6.45, 7) is 8.45. The second-order valence-electron chi connectivity index (χ2n) is 5.84. The van der Waals surface area contributed by atoms with Gasteiger partial charge in [-0.1, -0.05) is 0 Å². The molecular formula is C12H23NO4S. The van der Waals surface area contributed by atoms with Crippen LogP contribution in [0.3, 0.4) is 0 Å². The van der Waals surface area contributed by atoms with Crippen LogP contribution in [0.1, 0.15) is 34.1 Å². The lowest BCUT2D eigenvalue weighted by molar-refractivity contribution is -0.155. The third-order valence-electron chi connectivity index (χ3n) is 2.83. The standard InChI is InChI=1S/C12H23NO4S/c1-10-9-18(15,16)8-7-13(10)6-5-11(14)17-12(2,3)4/h10H,5-9H2,1-4H3. The summed E-state index contributed by atoms with van der Waals surface area (Å²) in [5.41, 5.74) is -0.464. The molecule has 1 fully saturated rings. The third-order valence-corrected chi connectivity index (χ3v) is 4.63. The minimum absolute atomic E-state index is 0.0220. The first-order valence-electron chi connectivity index (χ1n) is 6.25. The van der Waals surface area contributed by atoms with Gasteiger partial charge in [-0.3, -0.25) is 9.69 Å². The molecule has 0 amide bonds. The Morgan fingerprint density at radius 2 is 2.00 bits per heavy atom. The minimum atomic E-state index is -2.89. The molecule has 1 atom stereocenters. The second kappa shape index (κ2) is 5.57. The molecule has 18 heavy (non-hydrogen) atoms. The highest BCUT2D eigenvalue weighted by molar-refractivity contribution is 7.91. The van der Waals surface area contributed by atoms with Gasteiger partial charge in [0.05, 0.1) is 17.9 Å². The van der Waals surface area contributed by atoms with Crippen LogP contribution in [0.25, 0.3) is 0 Å². The fourth-order valence-electron chi connectivity index (χ4n) is 1.99. The van der Waals surface area contributed by atoms with E-state index in [2.05, 4.69) is 0 Å². The van der Waals surface area contributed by atoms with Crippen molar-refractivity contribution in [3.8, 4) is 0 Å². The lowest BCUT2D eigenvalue weighted by atomic mass is 10.2. The first kappa shape index (κ1) is 15.4. The highest BCUT2D eigenvalue weighted by Crippen LogP contribution is 2.13. The van der Waals surface area contributed by atoms with Crippen molar-refractivity contribution < 1.29 is 17.9 Å². The van der Waals surface area contributed by atoms with Crippen molar-refractivity contribution in [2.24, 2.45) is 0 Å². The van der Waals surface area contributed by atoms with E-state index in [1.165, 1.54) is 0 Å². The maximum atomic E-state index is 11.6. The van der Waals surface area contributed by atoms with Gasteiger partial charge in [0, 0.05) is 19.1 Å². The maximum absolute atomic E-state index is 11.6. The average molecular weight is 277 g/mol. The van der Waals surface area contributed by atoms with Crippen molar-refractivity contribution in [1.29, 1.82) is 0 Å². The van der Waals surface area contributed by atoms with Gasteiger partial charge in [-0.15, -0.1) is 0 Å². The molecule has 0 bridgehead atoms. The fourth-order valence-corrected chi connectivity index (χ4v) is 3.62. The lowest BCUT2D eigenvalue weighted by Crippen LogP contribution is -2.47. The summed E-state index contributed by atoms with van der Waals surface area (Å²) in [5, 5.41) is 0. The van der Waals surface area contributed by atoms with E-state index in [4.69, 9.17) is 4.74 Å². The normalized spacial score (nSPS) is 24.8. The summed E-state index contributed by atoms with van der Waals surface area (Å²) in [4.78, 5) is 13.6. The molecule has 6 heteroatoms. The van der Waals surface area contributed by atoms with Crippen molar-refractivity contribution in [3.63, 3.8) is 0 Å². The third kappa shape index (κ3) is 5.35. The van der Waals surface area contributed by atoms with Crippen LogP contribution in [0.4, 0.5) is 0 Å². The molecule has 1 unspecified atom stereocenters. The summed E-state index contributed by atoms with van der Waals surface area (Å²) >= 11 is 0. The van der Waals surface area contributed by atoms with E-state index in [9.17, 15) is 13.2 Å². The van der Waals surface area contributed by atoms with Gasteiger partial charge in [-0.25, -0.2) is 8.42 Å². The van der Waals surface area contributed by atoms with Crippen LogP contribution in [0, 0.1) is 0 Å². The van der Waals surface area contributed by atoms with E-state index >= 15 is 0 Å². The Labute approximate surface area is 109 Å². The Hall–Kier alpha value is -0.620. The Morgan fingerprint density at radius 1 is 1.39 bits per heavy atom. The van der Waals surface area contributed by atoms with Crippen LogP contribution >= 0.6 is 0 Å². The summed E-state index contributed by atoms with van der Waals surface area (Å²) in [5.74, 6) is 0.135. The highest BCUT2D eigenvalue weighted by Gasteiger charge is 2.28. The topological polar surface area (TPSA) is 63.7 Å². The molecule has 1 heterocycles. The van der Waals surface area contributed by atoms with E-state index in [0.29, 0.717) is 19.5 Å². The smallest absolute Gasteiger partial charge is 0.307 e. The van der Waals surface area contributed by atoms with Gasteiger partial charge in [0.25, 0.3) is 0 Å². The molecule has 0 N–H and O–H groups in total. The van der Waals surface area contributed by atoms with Crippen molar-refractivity contribution in [2.45, 2.75) is 45.8 Å². The molecule has 1 aliphatic heterocycles. The molecule has 0 radical (unpaired) electrons. The van der Waals surface area contributed by atoms with Gasteiger partial charge in [-0.05, 0) is 27.7 Å². The highest BCUT2D eigenvalue weighted by atomic mass is 32.2. The molecule has 1 saturated heterocycles. The summed E-state index contributed by atoms with van der Waals surface area (Å²) in [7, 11) is -2.89. The summed E-state index contributed by atoms with van der Waals surface area (Å²) in [6, 6.07) is -0.0220. The van der Waals surface area contributed by atoms with Crippen LogP contribution in [-0.4, -0.2) is 55.5 Å². The Balaban J connectivity index is 2.39. The van der Waals surface area contributed by atoms with Crippen LogP contribution < -0.4 is 0 Å². The van der Waals surface area contributed by atoms with E-state index in [1.807, 2.05) is 32.6 Å². The van der Waals surface area contributed by atoms with Gasteiger partial charge in [0.15, 0.2) is 9.84 Å². The monoisotopic (exact) mass is 277 g/mol. The summed E-state index contributed by atoms with van der Waals surface area (Å²) in [6.07, 6.45) is 0.307. The van der Waals surface area contributed by atoms with Crippen LogP contribution in [0.5, 0.6) is 0 Å². The first-order valence-corrected chi connectivity index (χ1v) is 8.07. The average Bonchev–Trinajstić information content (AvgIpc) is 2.12. The Bertz CT molecular complexity index is 397. The number of rotatable bonds is 3. The number of carbonyl (C=O) groups is 1. The molecular weight excluding hydrogens is 254 g/mol. The van der Waals surface area contributed by atoms with Crippen molar-refractivity contribution in [2.75, 3.05) is 24.6 Å². The van der Waals surface area contributed by atoms with Crippen LogP contribution in [0.15, 0.2) is 0 Å². The predicted octanol–water partition coefficient (Wildman–Crippen LogP) is 0.837. The molecule has 1 rings (SSSR count). The van der Waals surface area contributed by atoms with Gasteiger partial charge >= 0.3 is 5.97 Å². The largest absolute Gasteiger partial charge is 0.460 e. The van der Waals surface area contributed by atoms with Gasteiger partial charge < -0.3 is 4.74 Å². The second-order valence-corrected chi connectivity index (χ2v) is 8.06. The summed E-state index contributed by atoms with van der Waals surface area (Å²) < 4.78 is 28.0. The molecule has 0 aromatic rings. The maximum Gasteiger partial charge on any atom is 0.307 e. The Morgan fingerprint density at radius 3 is 2.50 bits per heavy atom. The van der Waals surface area contributed by atoms with Crippen molar-refractivity contribution in [3.05, 3.63) is 0 Å². The number of carbonyl (C=O) groups excluding carboxylic acids is 1. The molecule has 106 valence electrons. The van der Waals surface area contributed by atoms with Gasteiger partial charge in [0.2, 0.25) is 0 Å². The Kier molecular flexibility index (Phi) is 4.78. The van der Waals surface area contributed by atoms with E-state index in [1.54, 1.807) is 0 Å². The van der Waals surface area contributed by atoms with E-state index in [-0.39, 0.29) is 23.5 Å². The zero-order chi connectivity index (χ0) is 14.0. The number of esters is 1. The zero-order valence-electron chi connectivity index (χ0n) is 11.6. The molecule has 5 nitrogen and oxygen atoms in total. The van der Waals surface area contributed by atoms with Crippen molar-refractivity contribution in [1.82, 2.24) is 4.90 Å². The van der Waals surface area contributed by atoms with Crippen LogP contribution in [0.2, 0.25) is 0 Å². The number of ether oxygens (including phenoxy) is 1. The molecule has 0 saturated carbocycles. The fraction of sp³-hybridized carbons (Fsp3) is 0.917. The van der Waals surface area contributed by atoms with Crippen molar-refractivity contribution >= 4 is 15.8 Å². The predicted molar refractivity (Wildman–Crippen MR) is 70.2 cm³/mol. The number of hydrogen-bond donors (Lipinski definition) is 0.